The van der Waals surface area contributed by atoms with Crippen LogP contribution >= 0.6 is 0 Å². The number of amides is 2. The van der Waals surface area contributed by atoms with E-state index in [2.05, 4.69) is 27.4 Å². The lowest BCUT2D eigenvalue weighted by atomic mass is 9.89. The Morgan fingerprint density at radius 3 is 2.27 bits per heavy atom. The molecule has 0 radical (unpaired) electrons. The fourth-order valence-corrected chi connectivity index (χ4v) is 7.67. The van der Waals surface area contributed by atoms with Crippen LogP contribution in [0, 0.1) is 5.92 Å². The first kappa shape index (κ1) is 36.3. The van der Waals surface area contributed by atoms with Gasteiger partial charge in [-0.1, -0.05) is 73.7 Å². The van der Waals surface area contributed by atoms with Crippen LogP contribution in [0.15, 0.2) is 132 Å². The fraction of sp³-hybridized carbons (Fsp3) is 0.273. The summed E-state index contributed by atoms with van der Waals surface area (Å²) < 4.78 is 21.3. The summed E-state index contributed by atoms with van der Waals surface area (Å²) in [6.45, 7) is 4.51. The number of fused-ring (bicyclic) bond motifs is 1. The molecule has 11 heteroatoms. The van der Waals surface area contributed by atoms with Crippen LogP contribution in [0.25, 0.3) is 11.0 Å². The molecule has 2 aliphatic rings. The molecule has 11 nitrogen and oxygen atoms in total. The summed E-state index contributed by atoms with van der Waals surface area (Å²) in [5, 5.41) is 15.5. The van der Waals surface area contributed by atoms with Crippen LogP contribution < -0.4 is 21.1 Å². The molecule has 0 spiro atoms. The third-order valence-electron chi connectivity index (χ3n) is 10.6. The van der Waals surface area contributed by atoms with E-state index < -0.39 is 6.29 Å². The topological polar surface area (TPSA) is 130 Å². The van der Waals surface area contributed by atoms with Gasteiger partial charge in [-0.05, 0) is 84.6 Å². The van der Waals surface area contributed by atoms with Crippen molar-refractivity contribution in [1.82, 2.24) is 14.5 Å². The highest BCUT2D eigenvalue weighted by Gasteiger charge is 2.40. The third kappa shape index (κ3) is 8.35. The van der Waals surface area contributed by atoms with Gasteiger partial charge in [-0.2, -0.15) is 0 Å². The molecule has 4 N–H and O–H groups in total. The predicted molar refractivity (Wildman–Crippen MR) is 212 cm³/mol. The lowest BCUT2D eigenvalue weighted by molar-refractivity contribution is -0.276. The summed E-state index contributed by atoms with van der Waals surface area (Å²) in [7, 11) is 0. The van der Waals surface area contributed by atoms with Gasteiger partial charge < -0.3 is 39.8 Å². The highest BCUT2D eigenvalue weighted by Crippen LogP contribution is 2.42. The number of carbonyl (C=O) groups is 1. The lowest BCUT2D eigenvalue weighted by Gasteiger charge is -2.44. The summed E-state index contributed by atoms with van der Waals surface area (Å²) in [6.07, 6.45) is 0.593. The molecule has 8 rings (SSSR count). The molecule has 0 bridgehead atoms. The van der Waals surface area contributed by atoms with Gasteiger partial charge in [0, 0.05) is 48.5 Å². The van der Waals surface area contributed by atoms with E-state index in [9.17, 15) is 14.7 Å². The minimum atomic E-state index is -0.687. The van der Waals surface area contributed by atoms with Crippen LogP contribution in [0.2, 0.25) is 0 Å². The number of aromatic nitrogens is 2. The Labute approximate surface area is 319 Å². The van der Waals surface area contributed by atoms with Gasteiger partial charge in [-0.3, -0.25) is 4.57 Å². The van der Waals surface area contributed by atoms with Crippen LogP contribution in [0.5, 0.6) is 11.5 Å². The zero-order valence-corrected chi connectivity index (χ0v) is 30.6. The van der Waals surface area contributed by atoms with E-state index in [4.69, 9.17) is 14.2 Å². The summed E-state index contributed by atoms with van der Waals surface area (Å²) in [6, 6.07) is 39.7. The number of para-hydroxylation sites is 3. The Kier molecular flexibility index (Phi) is 10.8. The molecule has 55 heavy (non-hydrogen) atoms. The molecule has 0 aliphatic carbocycles. The standard InChI is InChI=1S/C44H45N5O6/c1-29-40(27-48-24-22-35(23-25-48)49-39-13-6-5-12-38(39)47-44(49)52)54-42(55-41(29)31-16-14-30(28-50)15-17-31)32-8-7-9-34(26-32)46-43(51)45-33-18-20-37(21-19-33)53-36-10-3-2-4-11-36/h2-21,26,29,35,40-42,50H,22-25,27-28H2,1H3,(H,47,52)(H2,45,46,51)/t29-,40+,41+,42+/m0/s1. The van der Waals surface area contributed by atoms with Crippen molar-refractivity contribution >= 4 is 28.4 Å². The number of H-pyrrole nitrogens is 1. The van der Waals surface area contributed by atoms with Crippen molar-refractivity contribution in [3.63, 3.8) is 0 Å². The van der Waals surface area contributed by atoms with Gasteiger partial charge in [0.25, 0.3) is 0 Å². The van der Waals surface area contributed by atoms with Crippen molar-refractivity contribution in [2.75, 3.05) is 30.3 Å². The van der Waals surface area contributed by atoms with Crippen LogP contribution in [-0.2, 0) is 16.1 Å². The summed E-state index contributed by atoms with van der Waals surface area (Å²) in [5.41, 5.74) is 5.60. The van der Waals surface area contributed by atoms with Gasteiger partial charge >= 0.3 is 11.7 Å². The van der Waals surface area contributed by atoms with E-state index >= 15 is 0 Å². The van der Waals surface area contributed by atoms with Crippen molar-refractivity contribution in [1.29, 1.82) is 0 Å². The molecule has 0 saturated carbocycles. The first-order valence-corrected chi connectivity index (χ1v) is 18.8. The number of aliphatic hydroxyl groups excluding tert-OH is 1. The number of aliphatic hydroxyl groups is 1. The lowest BCUT2D eigenvalue weighted by Crippen LogP contribution is -2.47. The van der Waals surface area contributed by atoms with Gasteiger partial charge in [0.15, 0.2) is 6.29 Å². The number of ether oxygens (including phenoxy) is 3. The average molecular weight is 740 g/mol. The molecular weight excluding hydrogens is 695 g/mol. The molecule has 2 amide bonds. The van der Waals surface area contributed by atoms with Crippen molar-refractivity contribution in [2.24, 2.45) is 5.92 Å². The zero-order valence-electron chi connectivity index (χ0n) is 30.6. The van der Waals surface area contributed by atoms with Crippen molar-refractivity contribution in [3.8, 4) is 11.5 Å². The van der Waals surface area contributed by atoms with Gasteiger partial charge in [0.2, 0.25) is 0 Å². The van der Waals surface area contributed by atoms with E-state index in [1.807, 2.05) is 108 Å². The summed E-state index contributed by atoms with van der Waals surface area (Å²) in [4.78, 5) is 31.4. The van der Waals surface area contributed by atoms with Gasteiger partial charge in [0.1, 0.15) is 11.5 Å². The average Bonchev–Trinajstić information content (AvgIpc) is 3.55. The zero-order chi connectivity index (χ0) is 37.7. The Morgan fingerprint density at radius 1 is 0.800 bits per heavy atom. The number of likely N-dealkylation sites (tertiary alicyclic amines) is 1. The molecule has 5 aromatic carbocycles. The Balaban J connectivity index is 0.946. The second kappa shape index (κ2) is 16.3. The largest absolute Gasteiger partial charge is 0.457 e. The normalized spacial score (nSPS) is 20.6. The fourth-order valence-electron chi connectivity index (χ4n) is 7.67. The summed E-state index contributed by atoms with van der Waals surface area (Å²) >= 11 is 0. The number of rotatable bonds is 10. The van der Waals surface area contributed by atoms with Crippen LogP contribution in [0.1, 0.15) is 54.9 Å². The first-order valence-electron chi connectivity index (χ1n) is 18.8. The Morgan fingerprint density at radius 2 is 1.51 bits per heavy atom. The molecular formula is C44H45N5O6. The molecule has 2 aliphatic heterocycles. The number of carbonyl (C=O) groups excluding carboxylic acids is 1. The Bertz CT molecular complexity index is 2270. The number of nitrogens with zero attached hydrogens (tertiary/aromatic N) is 2. The van der Waals surface area contributed by atoms with Crippen LogP contribution in [0.3, 0.4) is 0 Å². The van der Waals surface area contributed by atoms with Crippen LogP contribution in [0.4, 0.5) is 16.2 Å². The quantitative estimate of drug-likeness (QED) is 0.111. The van der Waals surface area contributed by atoms with Crippen molar-refractivity contribution < 1.29 is 24.1 Å². The molecule has 4 atom stereocenters. The number of hydrogen-bond donors (Lipinski definition) is 4. The minimum absolute atomic E-state index is 0.0155. The van der Waals surface area contributed by atoms with E-state index in [1.54, 1.807) is 24.3 Å². The molecule has 2 fully saturated rings. The van der Waals surface area contributed by atoms with Gasteiger partial charge in [-0.15, -0.1) is 0 Å². The third-order valence-corrected chi connectivity index (χ3v) is 10.6. The molecule has 282 valence electrons. The van der Waals surface area contributed by atoms with E-state index in [-0.39, 0.29) is 42.5 Å². The van der Waals surface area contributed by atoms with Crippen LogP contribution in [-0.4, -0.2) is 51.3 Å². The number of benzene rings is 5. The number of aromatic amines is 1. The number of hydrogen-bond acceptors (Lipinski definition) is 7. The number of urea groups is 1. The van der Waals surface area contributed by atoms with Crippen molar-refractivity contribution in [2.45, 2.75) is 50.9 Å². The second-order valence-corrected chi connectivity index (χ2v) is 14.3. The monoisotopic (exact) mass is 739 g/mol. The van der Waals surface area contributed by atoms with Gasteiger partial charge in [0.05, 0.1) is 29.8 Å². The second-order valence-electron chi connectivity index (χ2n) is 14.3. The predicted octanol–water partition coefficient (Wildman–Crippen LogP) is 8.39. The van der Waals surface area contributed by atoms with Gasteiger partial charge in [-0.25, -0.2) is 9.59 Å². The highest BCUT2D eigenvalue weighted by atomic mass is 16.7. The first-order chi connectivity index (χ1) is 26.9. The van der Waals surface area contributed by atoms with E-state index in [0.717, 1.165) is 59.4 Å². The maximum Gasteiger partial charge on any atom is 0.326 e. The molecule has 3 heterocycles. The van der Waals surface area contributed by atoms with Crippen molar-refractivity contribution in [3.05, 3.63) is 155 Å². The highest BCUT2D eigenvalue weighted by molar-refractivity contribution is 5.99. The smallest absolute Gasteiger partial charge is 0.326 e. The molecule has 6 aromatic rings. The Hall–Kier alpha value is -5.72. The number of nitrogens with one attached hydrogen (secondary N) is 3. The maximum atomic E-state index is 13.1. The number of anilines is 2. The minimum Gasteiger partial charge on any atom is -0.457 e. The molecule has 0 unspecified atom stereocenters. The SMILES string of the molecule is C[C@H]1[C@@H](CN2CCC(n3c(=O)[nH]c4ccccc43)CC2)O[C@@H](c2cccc(NC(=O)Nc3ccc(Oc4ccccc4)cc3)c2)O[C@H]1c1ccc(CO)cc1. The van der Waals surface area contributed by atoms with E-state index in [1.165, 1.54) is 0 Å². The maximum absolute atomic E-state index is 13.1. The number of piperidine rings is 1. The number of imidazole rings is 1. The van der Waals surface area contributed by atoms with E-state index in [0.29, 0.717) is 23.7 Å². The summed E-state index contributed by atoms with van der Waals surface area (Å²) in [5.74, 6) is 1.42. The molecule has 1 aromatic heterocycles. The molecule has 2 saturated heterocycles.